The number of nitro groups is 1. The number of aromatic carboxylic acids is 1. The van der Waals surface area contributed by atoms with Crippen LogP contribution >= 0.6 is 0 Å². The first-order valence-corrected chi connectivity index (χ1v) is 7.83. The summed E-state index contributed by atoms with van der Waals surface area (Å²) in [5, 5.41) is 23.0. The molecule has 0 bridgehead atoms. The summed E-state index contributed by atoms with van der Waals surface area (Å²) in [6, 6.07) is 3.45. The first kappa shape index (κ1) is 18.5. The molecule has 1 amide bonds. The molecule has 2 N–H and O–H groups in total. The molecule has 0 unspecified atom stereocenters. The highest BCUT2D eigenvalue weighted by molar-refractivity contribution is 5.90. The van der Waals surface area contributed by atoms with E-state index >= 15 is 0 Å². The van der Waals surface area contributed by atoms with E-state index in [9.17, 15) is 19.7 Å². The summed E-state index contributed by atoms with van der Waals surface area (Å²) in [5.41, 5.74) is -0.567. The minimum Gasteiger partial charge on any atom is -0.478 e. The first-order valence-electron chi connectivity index (χ1n) is 7.83. The second-order valence-electron chi connectivity index (χ2n) is 6.84. The van der Waals surface area contributed by atoms with Gasteiger partial charge in [0, 0.05) is 19.2 Å². The molecule has 25 heavy (non-hydrogen) atoms. The van der Waals surface area contributed by atoms with Gasteiger partial charge in [-0.25, -0.2) is 9.59 Å². The minimum atomic E-state index is -1.15. The van der Waals surface area contributed by atoms with Crippen molar-refractivity contribution in [2.45, 2.75) is 38.8 Å². The third kappa shape index (κ3) is 4.82. The molecular weight excluding hydrogens is 330 g/mol. The van der Waals surface area contributed by atoms with Crippen molar-refractivity contribution in [1.29, 1.82) is 0 Å². The van der Waals surface area contributed by atoms with Crippen molar-refractivity contribution >= 4 is 23.4 Å². The number of carboxylic acid groups (broad SMARTS) is 1. The lowest BCUT2D eigenvalue weighted by molar-refractivity contribution is -0.384. The molecule has 0 aromatic heterocycles. The number of nitrogens with zero attached hydrogens (tertiary/aromatic N) is 2. The number of nitrogens with one attached hydrogen (secondary N) is 1. The monoisotopic (exact) mass is 351 g/mol. The zero-order valence-corrected chi connectivity index (χ0v) is 14.3. The lowest BCUT2D eigenvalue weighted by atomic mass is 10.1. The first-order chi connectivity index (χ1) is 11.6. The van der Waals surface area contributed by atoms with Gasteiger partial charge in [0.2, 0.25) is 0 Å². The van der Waals surface area contributed by atoms with Crippen LogP contribution in [0.1, 0.15) is 37.6 Å². The maximum absolute atomic E-state index is 11.8. The molecule has 136 valence electrons. The molecule has 2 rings (SSSR count). The highest BCUT2D eigenvalue weighted by Gasteiger charge is 2.30. The van der Waals surface area contributed by atoms with E-state index in [4.69, 9.17) is 9.84 Å². The fraction of sp³-hybridized carbons (Fsp3) is 0.500. The van der Waals surface area contributed by atoms with Gasteiger partial charge >= 0.3 is 12.1 Å². The maximum Gasteiger partial charge on any atom is 0.407 e. The number of carbonyl (C=O) groups is 2. The summed E-state index contributed by atoms with van der Waals surface area (Å²) in [6.45, 7) is 6.07. The predicted octanol–water partition coefficient (Wildman–Crippen LogP) is 2.40. The van der Waals surface area contributed by atoms with Crippen LogP contribution in [0.25, 0.3) is 0 Å². The van der Waals surface area contributed by atoms with Crippen molar-refractivity contribution in [1.82, 2.24) is 5.32 Å². The van der Waals surface area contributed by atoms with Crippen molar-refractivity contribution in [3.8, 4) is 0 Å². The summed E-state index contributed by atoms with van der Waals surface area (Å²) in [6.07, 6.45) is 0.0291. The third-order valence-electron chi connectivity index (χ3n) is 3.67. The Balaban J connectivity index is 2.13. The smallest absolute Gasteiger partial charge is 0.407 e. The van der Waals surface area contributed by atoms with E-state index in [1.54, 1.807) is 25.7 Å². The van der Waals surface area contributed by atoms with Crippen molar-refractivity contribution in [3.05, 3.63) is 33.9 Å². The molecule has 1 saturated heterocycles. The van der Waals surface area contributed by atoms with Gasteiger partial charge in [0.05, 0.1) is 16.5 Å². The molecule has 1 aliphatic rings. The van der Waals surface area contributed by atoms with Gasteiger partial charge in [0.15, 0.2) is 0 Å². The summed E-state index contributed by atoms with van der Waals surface area (Å²) in [5.74, 6) is -1.15. The highest BCUT2D eigenvalue weighted by atomic mass is 16.6. The van der Waals surface area contributed by atoms with Gasteiger partial charge in [0.1, 0.15) is 11.3 Å². The molecule has 9 nitrogen and oxygen atoms in total. The molecule has 1 aliphatic heterocycles. The SMILES string of the molecule is CC(C)(C)OC(=O)N[C@H]1CCN(c2cc(C(=O)O)ccc2[N+](=O)[O-])C1. The Bertz CT molecular complexity index is 698. The number of ether oxygens (including phenoxy) is 1. The van der Waals surface area contributed by atoms with Crippen LogP contribution < -0.4 is 10.2 Å². The van der Waals surface area contributed by atoms with Crippen LogP contribution in [0.15, 0.2) is 18.2 Å². The molecule has 0 radical (unpaired) electrons. The number of rotatable bonds is 4. The van der Waals surface area contributed by atoms with Crippen LogP contribution in [0.4, 0.5) is 16.2 Å². The van der Waals surface area contributed by atoms with E-state index in [0.717, 1.165) is 0 Å². The average molecular weight is 351 g/mol. The van der Waals surface area contributed by atoms with Crippen LogP contribution in [-0.2, 0) is 4.74 Å². The van der Waals surface area contributed by atoms with Crippen LogP contribution in [0.5, 0.6) is 0 Å². The Labute approximate surface area is 144 Å². The summed E-state index contributed by atoms with van der Waals surface area (Å²) in [4.78, 5) is 35.3. The number of nitro benzene ring substituents is 1. The number of carboxylic acids is 1. The largest absolute Gasteiger partial charge is 0.478 e. The van der Waals surface area contributed by atoms with E-state index in [-0.39, 0.29) is 23.0 Å². The fourth-order valence-electron chi connectivity index (χ4n) is 2.64. The van der Waals surface area contributed by atoms with Crippen molar-refractivity contribution in [2.24, 2.45) is 0 Å². The molecule has 9 heteroatoms. The fourth-order valence-corrected chi connectivity index (χ4v) is 2.64. The molecular formula is C16H21N3O6. The van der Waals surface area contributed by atoms with Gasteiger partial charge in [-0.2, -0.15) is 0 Å². The van der Waals surface area contributed by atoms with Crippen molar-refractivity contribution in [2.75, 3.05) is 18.0 Å². The van der Waals surface area contributed by atoms with Gasteiger partial charge in [-0.05, 0) is 39.3 Å². The summed E-state index contributed by atoms with van der Waals surface area (Å²) in [7, 11) is 0. The molecule has 1 aromatic rings. The highest BCUT2D eigenvalue weighted by Crippen LogP contribution is 2.32. The molecule has 0 saturated carbocycles. The van der Waals surface area contributed by atoms with Gasteiger partial charge in [-0.1, -0.05) is 0 Å². The van der Waals surface area contributed by atoms with E-state index in [2.05, 4.69) is 5.32 Å². The van der Waals surface area contributed by atoms with Gasteiger partial charge < -0.3 is 20.1 Å². The Morgan fingerprint density at radius 1 is 1.40 bits per heavy atom. The quantitative estimate of drug-likeness (QED) is 0.631. The number of anilines is 1. The zero-order chi connectivity index (χ0) is 18.8. The second kappa shape index (κ2) is 6.96. The number of amides is 1. The molecule has 1 heterocycles. The number of carbonyl (C=O) groups excluding carboxylic acids is 1. The topological polar surface area (TPSA) is 122 Å². The standard InChI is InChI=1S/C16H21N3O6/c1-16(2,3)25-15(22)17-11-6-7-18(9-11)13-8-10(14(20)21)4-5-12(13)19(23)24/h4-5,8,11H,6-7,9H2,1-3H3,(H,17,22)(H,20,21)/t11-/m0/s1. The van der Waals surface area contributed by atoms with E-state index in [1.165, 1.54) is 18.2 Å². The number of alkyl carbamates (subject to hydrolysis) is 1. The molecule has 1 fully saturated rings. The van der Waals surface area contributed by atoms with Crippen LogP contribution in [-0.4, -0.2) is 46.8 Å². The number of benzene rings is 1. The van der Waals surface area contributed by atoms with Crippen molar-refractivity contribution < 1.29 is 24.4 Å². The molecule has 1 aromatic carbocycles. The van der Waals surface area contributed by atoms with E-state index < -0.39 is 22.6 Å². The predicted molar refractivity (Wildman–Crippen MR) is 90.0 cm³/mol. The molecule has 0 spiro atoms. The minimum absolute atomic E-state index is 0.0239. The number of hydrogen-bond donors (Lipinski definition) is 2. The van der Waals surface area contributed by atoms with Gasteiger partial charge in [-0.3, -0.25) is 10.1 Å². The Morgan fingerprint density at radius 2 is 2.08 bits per heavy atom. The number of hydrogen-bond acceptors (Lipinski definition) is 6. The van der Waals surface area contributed by atoms with Crippen molar-refractivity contribution in [3.63, 3.8) is 0 Å². The maximum atomic E-state index is 11.8. The zero-order valence-electron chi connectivity index (χ0n) is 14.3. The van der Waals surface area contributed by atoms with Gasteiger partial charge in [-0.15, -0.1) is 0 Å². The average Bonchev–Trinajstić information content (AvgIpc) is 2.92. The van der Waals surface area contributed by atoms with Crippen LogP contribution in [0.2, 0.25) is 0 Å². The van der Waals surface area contributed by atoms with E-state index in [0.29, 0.717) is 19.5 Å². The Hall–Kier alpha value is -2.84. The molecule has 0 aliphatic carbocycles. The second-order valence-corrected chi connectivity index (χ2v) is 6.84. The Morgan fingerprint density at radius 3 is 2.64 bits per heavy atom. The van der Waals surface area contributed by atoms with Gasteiger partial charge in [0.25, 0.3) is 5.69 Å². The van der Waals surface area contributed by atoms with E-state index in [1.807, 2.05) is 0 Å². The normalized spacial score (nSPS) is 17.2. The third-order valence-corrected chi connectivity index (χ3v) is 3.67. The Kier molecular flexibility index (Phi) is 5.15. The summed E-state index contributed by atoms with van der Waals surface area (Å²) >= 11 is 0. The lowest BCUT2D eigenvalue weighted by Crippen LogP contribution is -2.40. The van der Waals surface area contributed by atoms with Crippen LogP contribution in [0, 0.1) is 10.1 Å². The van der Waals surface area contributed by atoms with Crippen LogP contribution in [0.3, 0.4) is 0 Å². The summed E-state index contributed by atoms with van der Waals surface area (Å²) < 4.78 is 5.20. The molecule has 1 atom stereocenters. The lowest BCUT2D eigenvalue weighted by Gasteiger charge is -2.22.